The minimum absolute atomic E-state index is 0.0738. The molecule has 1 heterocycles. The van der Waals surface area contributed by atoms with Crippen LogP contribution in [0.15, 0.2) is 59.0 Å². The summed E-state index contributed by atoms with van der Waals surface area (Å²) < 4.78 is 5.73. The molecule has 0 atom stereocenters. The number of non-ortho nitro benzene ring substituents is 1. The van der Waals surface area contributed by atoms with Crippen molar-refractivity contribution in [3.05, 3.63) is 86.6 Å². The number of benzene rings is 2. The zero-order valence-corrected chi connectivity index (χ0v) is 14.5. The topological polar surface area (TPSA) is 80.1 Å². The predicted octanol–water partition coefficient (Wildman–Crippen LogP) is 5.88. The van der Waals surface area contributed by atoms with Crippen LogP contribution in [0.3, 0.4) is 0 Å². The summed E-state index contributed by atoms with van der Waals surface area (Å²) in [5, 5.41) is 20.7. The number of rotatable bonds is 4. The highest BCUT2D eigenvalue weighted by Gasteiger charge is 2.14. The first-order valence-corrected chi connectivity index (χ1v) is 8.08. The molecule has 26 heavy (non-hydrogen) atoms. The molecule has 1 aromatic heterocycles. The molecule has 0 saturated carbocycles. The number of nitro benzene ring substituents is 1. The van der Waals surface area contributed by atoms with Crippen molar-refractivity contribution in [2.45, 2.75) is 6.92 Å². The molecule has 3 aromatic rings. The van der Waals surface area contributed by atoms with Crippen LogP contribution in [-0.4, -0.2) is 4.92 Å². The average Bonchev–Trinajstić information content (AvgIpc) is 3.09. The standard InChI is InChI=1S/C20H13ClN2O3/c1-13-2-4-14(5-3-13)15(12-22)10-17-7-9-20(26-17)18-11-16(23(24)25)6-8-19(18)21/h2-11H,1H3/b15-10-. The van der Waals surface area contributed by atoms with Crippen LogP contribution in [0.5, 0.6) is 0 Å². The maximum Gasteiger partial charge on any atom is 0.270 e. The molecule has 6 heteroatoms. The summed E-state index contributed by atoms with van der Waals surface area (Å²) in [4.78, 5) is 10.5. The molecule has 0 spiro atoms. The molecule has 0 radical (unpaired) electrons. The molecule has 0 saturated heterocycles. The van der Waals surface area contributed by atoms with Crippen LogP contribution in [0.2, 0.25) is 5.02 Å². The van der Waals surface area contributed by atoms with Gasteiger partial charge in [0.1, 0.15) is 11.5 Å². The SMILES string of the molecule is Cc1ccc(/C(C#N)=C\c2ccc(-c3cc([N+](=O)[O-])ccc3Cl)o2)cc1. The molecule has 0 fully saturated rings. The summed E-state index contributed by atoms with van der Waals surface area (Å²) in [6.07, 6.45) is 1.62. The van der Waals surface area contributed by atoms with Crippen molar-refractivity contribution in [3.8, 4) is 17.4 Å². The van der Waals surface area contributed by atoms with Gasteiger partial charge < -0.3 is 4.42 Å². The van der Waals surface area contributed by atoms with Crippen molar-refractivity contribution >= 4 is 28.9 Å². The van der Waals surface area contributed by atoms with Gasteiger partial charge in [-0.2, -0.15) is 5.26 Å². The number of nitrogens with zero attached hydrogens (tertiary/aromatic N) is 2. The molecular formula is C20H13ClN2O3. The van der Waals surface area contributed by atoms with Crippen molar-refractivity contribution < 1.29 is 9.34 Å². The van der Waals surface area contributed by atoms with Crippen LogP contribution in [0.1, 0.15) is 16.9 Å². The number of halogens is 1. The molecule has 0 amide bonds. The van der Waals surface area contributed by atoms with Gasteiger partial charge in [-0.1, -0.05) is 41.4 Å². The minimum atomic E-state index is -0.491. The van der Waals surface area contributed by atoms with Crippen LogP contribution in [-0.2, 0) is 0 Å². The van der Waals surface area contributed by atoms with Gasteiger partial charge >= 0.3 is 0 Å². The summed E-state index contributed by atoms with van der Waals surface area (Å²) in [6.45, 7) is 1.97. The van der Waals surface area contributed by atoms with Gasteiger partial charge in [0.15, 0.2) is 0 Å². The first-order chi connectivity index (χ1) is 12.5. The van der Waals surface area contributed by atoms with Crippen molar-refractivity contribution in [3.63, 3.8) is 0 Å². The van der Waals surface area contributed by atoms with E-state index in [-0.39, 0.29) is 5.69 Å². The Bertz CT molecular complexity index is 1040. The third-order valence-electron chi connectivity index (χ3n) is 3.82. The van der Waals surface area contributed by atoms with E-state index in [1.807, 2.05) is 31.2 Å². The van der Waals surface area contributed by atoms with Gasteiger partial charge in [0.2, 0.25) is 0 Å². The maximum atomic E-state index is 11.0. The Kier molecular flexibility index (Phi) is 4.87. The fraction of sp³-hybridized carbons (Fsp3) is 0.0500. The monoisotopic (exact) mass is 364 g/mol. The fourth-order valence-electron chi connectivity index (χ4n) is 2.45. The highest BCUT2D eigenvalue weighted by molar-refractivity contribution is 6.33. The highest BCUT2D eigenvalue weighted by Crippen LogP contribution is 2.33. The van der Waals surface area contributed by atoms with Crippen LogP contribution in [0, 0.1) is 28.4 Å². The highest BCUT2D eigenvalue weighted by atomic mass is 35.5. The summed E-state index contributed by atoms with van der Waals surface area (Å²) >= 11 is 6.14. The Labute approximate surface area is 154 Å². The Morgan fingerprint density at radius 3 is 2.58 bits per heavy atom. The van der Waals surface area contributed by atoms with Crippen molar-refractivity contribution in [2.75, 3.05) is 0 Å². The lowest BCUT2D eigenvalue weighted by Crippen LogP contribution is -1.88. The van der Waals surface area contributed by atoms with Crippen molar-refractivity contribution in [2.24, 2.45) is 0 Å². The van der Waals surface area contributed by atoms with Crippen molar-refractivity contribution in [1.82, 2.24) is 0 Å². The summed E-state index contributed by atoms with van der Waals surface area (Å²) in [5.74, 6) is 0.853. The van der Waals surface area contributed by atoms with E-state index in [1.165, 1.54) is 18.2 Å². The van der Waals surface area contributed by atoms with Gasteiger partial charge in [-0.25, -0.2) is 0 Å². The van der Waals surface area contributed by atoms with Crippen LogP contribution >= 0.6 is 11.6 Å². The van der Waals surface area contributed by atoms with E-state index in [2.05, 4.69) is 6.07 Å². The number of nitriles is 1. The van der Waals surface area contributed by atoms with E-state index in [0.29, 0.717) is 27.7 Å². The van der Waals surface area contributed by atoms with E-state index in [9.17, 15) is 15.4 Å². The first kappa shape index (κ1) is 17.5. The van der Waals surface area contributed by atoms with E-state index in [0.717, 1.165) is 11.1 Å². The van der Waals surface area contributed by atoms with Gasteiger partial charge in [-0.3, -0.25) is 10.1 Å². The predicted molar refractivity (Wildman–Crippen MR) is 100 cm³/mol. The third kappa shape index (κ3) is 3.66. The number of nitro groups is 1. The summed E-state index contributed by atoms with van der Waals surface area (Å²) in [5.41, 5.74) is 2.69. The zero-order chi connectivity index (χ0) is 18.7. The van der Waals surface area contributed by atoms with Gasteiger partial charge in [0, 0.05) is 17.7 Å². The quantitative estimate of drug-likeness (QED) is 0.329. The van der Waals surface area contributed by atoms with E-state index >= 15 is 0 Å². The molecule has 0 N–H and O–H groups in total. The lowest BCUT2D eigenvalue weighted by molar-refractivity contribution is -0.384. The Morgan fingerprint density at radius 2 is 1.92 bits per heavy atom. The Hall–Kier alpha value is -3.36. The second-order valence-electron chi connectivity index (χ2n) is 5.66. The molecule has 0 unspecified atom stereocenters. The van der Waals surface area contributed by atoms with Crippen LogP contribution in [0.25, 0.3) is 23.0 Å². The smallest absolute Gasteiger partial charge is 0.270 e. The minimum Gasteiger partial charge on any atom is -0.457 e. The van der Waals surface area contributed by atoms with Crippen molar-refractivity contribution in [1.29, 1.82) is 5.26 Å². The average molecular weight is 365 g/mol. The summed E-state index contributed by atoms with van der Waals surface area (Å²) in [6, 6.07) is 17.3. The van der Waals surface area contributed by atoms with E-state index < -0.39 is 4.92 Å². The molecule has 128 valence electrons. The Morgan fingerprint density at radius 1 is 1.19 bits per heavy atom. The fourth-order valence-corrected chi connectivity index (χ4v) is 2.66. The largest absolute Gasteiger partial charge is 0.457 e. The maximum absolute atomic E-state index is 11.0. The number of furan rings is 1. The van der Waals surface area contributed by atoms with Gasteiger partial charge in [0.25, 0.3) is 5.69 Å². The zero-order valence-electron chi connectivity index (χ0n) is 13.8. The van der Waals surface area contributed by atoms with Gasteiger partial charge in [-0.05, 0) is 36.8 Å². The molecule has 0 aliphatic heterocycles. The van der Waals surface area contributed by atoms with Gasteiger partial charge in [0.05, 0.1) is 21.6 Å². The molecule has 3 rings (SSSR count). The number of hydrogen-bond acceptors (Lipinski definition) is 4. The van der Waals surface area contributed by atoms with Gasteiger partial charge in [-0.15, -0.1) is 0 Å². The lowest BCUT2D eigenvalue weighted by atomic mass is 10.0. The summed E-state index contributed by atoms with van der Waals surface area (Å²) in [7, 11) is 0. The van der Waals surface area contributed by atoms with Crippen LogP contribution < -0.4 is 0 Å². The van der Waals surface area contributed by atoms with E-state index in [1.54, 1.807) is 18.2 Å². The second kappa shape index (κ2) is 7.26. The molecule has 0 bridgehead atoms. The normalized spacial score (nSPS) is 11.2. The second-order valence-corrected chi connectivity index (χ2v) is 6.07. The third-order valence-corrected chi connectivity index (χ3v) is 4.15. The van der Waals surface area contributed by atoms with Crippen LogP contribution in [0.4, 0.5) is 5.69 Å². The molecule has 2 aromatic carbocycles. The number of allylic oxidation sites excluding steroid dienone is 1. The molecule has 5 nitrogen and oxygen atoms in total. The lowest BCUT2D eigenvalue weighted by Gasteiger charge is -2.01. The molecule has 0 aliphatic carbocycles. The Balaban J connectivity index is 1.97. The number of aryl methyl sites for hydroxylation is 1. The first-order valence-electron chi connectivity index (χ1n) is 7.71. The molecule has 0 aliphatic rings. The van der Waals surface area contributed by atoms with E-state index in [4.69, 9.17) is 16.0 Å². The number of hydrogen-bond donors (Lipinski definition) is 0. The molecular weight excluding hydrogens is 352 g/mol.